The highest BCUT2D eigenvalue weighted by molar-refractivity contribution is 5.83. The van der Waals surface area contributed by atoms with Crippen LogP contribution in [0.2, 0.25) is 0 Å². The van der Waals surface area contributed by atoms with E-state index in [0.717, 1.165) is 12.0 Å². The van der Waals surface area contributed by atoms with Crippen LogP contribution in [0.5, 0.6) is 0 Å². The fourth-order valence-electron chi connectivity index (χ4n) is 2.71. The Hall–Kier alpha value is -2.69. The molecule has 0 aliphatic carbocycles. The molecule has 1 N–H and O–H groups in total. The summed E-state index contributed by atoms with van der Waals surface area (Å²) in [6.45, 7) is 3.66. The summed E-state index contributed by atoms with van der Waals surface area (Å²) in [6, 6.07) is 15.6. The zero-order chi connectivity index (χ0) is 18.9. The maximum atomic E-state index is 13.5. The average molecular weight is 357 g/mol. The van der Waals surface area contributed by atoms with E-state index in [1.54, 1.807) is 18.2 Å². The second-order valence-electron chi connectivity index (χ2n) is 6.25. The summed E-state index contributed by atoms with van der Waals surface area (Å²) in [5, 5.41) is 2.56. The molecule has 2 aromatic carbocycles. The van der Waals surface area contributed by atoms with Crippen LogP contribution in [0.1, 0.15) is 37.3 Å². The first kappa shape index (κ1) is 19.6. The summed E-state index contributed by atoms with van der Waals surface area (Å²) in [5.41, 5.74) is 1.26. The van der Waals surface area contributed by atoms with E-state index in [9.17, 15) is 14.0 Å². The van der Waals surface area contributed by atoms with Gasteiger partial charge >= 0.3 is 5.97 Å². The van der Waals surface area contributed by atoms with Crippen LogP contribution in [0.25, 0.3) is 0 Å². The van der Waals surface area contributed by atoms with Crippen LogP contribution in [-0.2, 0) is 20.9 Å². The molecule has 0 saturated heterocycles. The zero-order valence-corrected chi connectivity index (χ0v) is 15.1. The molecule has 0 radical (unpaired) electrons. The largest absolute Gasteiger partial charge is 0.455 e. The van der Waals surface area contributed by atoms with Gasteiger partial charge < -0.3 is 10.1 Å². The second-order valence-corrected chi connectivity index (χ2v) is 6.25. The highest BCUT2D eigenvalue weighted by Crippen LogP contribution is 2.28. The molecular weight excluding hydrogens is 333 g/mol. The molecular formula is C21H24FNO3. The molecule has 26 heavy (non-hydrogen) atoms. The molecule has 5 heteroatoms. The Morgan fingerprint density at radius 3 is 2.38 bits per heavy atom. The van der Waals surface area contributed by atoms with Crippen LogP contribution in [0.4, 0.5) is 4.39 Å². The number of ether oxygens (including phenoxy) is 1. The van der Waals surface area contributed by atoms with Gasteiger partial charge in [-0.15, -0.1) is 0 Å². The van der Waals surface area contributed by atoms with Crippen molar-refractivity contribution >= 4 is 11.9 Å². The van der Waals surface area contributed by atoms with E-state index < -0.39 is 17.8 Å². The number of benzene rings is 2. The van der Waals surface area contributed by atoms with Gasteiger partial charge in [-0.3, -0.25) is 9.59 Å². The molecule has 0 fully saturated rings. The van der Waals surface area contributed by atoms with Crippen molar-refractivity contribution < 1.29 is 18.7 Å². The normalized spacial score (nSPS) is 12.9. The first-order valence-corrected chi connectivity index (χ1v) is 8.74. The van der Waals surface area contributed by atoms with Gasteiger partial charge in [-0.25, -0.2) is 4.39 Å². The number of carbonyl (C=O) groups is 2. The van der Waals surface area contributed by atoms with Gasteiger partial charge in [-0.2, -0.15) is 0 Å². The number of rotatable bonds is 8. The lowest BCUT2D eigenvalue weighted by Crippen LogP contribution is -2.31. The van der Waals surface area contributed by atoms with Crippen LogP contribution in [0.3, 0.4) is 0 Å². The predicted octanol–water partition coefficient (Wildman–Crippen LogP) is 3.82. The maximum Gasteiger partial charge on any atom is 0.314 e. The van der Waals surface area contributed by atoms with E-state index in [4.69, 9.17) is 4.74 Å². The summed E-state index contributed by atoms with van der Waals surface area (Å²) in [7, 11) is 0. The molecule has 2 aromatic rings. The van der Waals surface area contributed by atoms with Gasteiger partial charge in [0.2, 0.25) is 0 Å². The van der Waals surface area contributed by atoms with Crippen molar-refractivity contribution in [3.8, 4) is 0 Å². The van der Waals surface area contributed by atoms with Crippen molar-refractivity contribution in [3.63, 3.8) is 0 Å². The first-order chi connectivity index (χ1) is 12.5. The topological polar surface area (TPSA) is 55.4 Å². The average Bonchev–Trinajstić information content (AvgIpc) is 2.66. The monoisotopic (exact) mass is 357 g/mol. The van der Waals surface area contributed by atoms with Crippen LogP contribution in [0, 0.1) is 11.7 Å². The molecule has 1 amide bonds. The summed E-state index contributed by atoms with van der Waals surface area (Å²) >= 11 is 0. The predicted molar refractivity (Wildman–Crippen MR) is 97.8 cm³/mol. The smallest absolute Gasteiger partial charge is 0.314 e. The van der Waals surface area contributed by atoms with Crippen molar-refractivity contribution in [3.05, 3.63) is 71.5 Å². The number of hydrogen-bond donors (Lipinski definition) is 1. The number of esters is 1. The quantitative estimate of drug-likeness (QED) is 0.731. The van der Waals surface area contributed by atoms with Crippen LogP contribution in [0.15, 0.2) is 54.6 Å². The number of carbonyl (C=O) groups excluding carboxylic acids is 2. The number of amides is 1. The highest BCUT2D eigenvalue weighted by atomic mass is 19.1. The summed E-state index contributed by atoms with van der Waals surface area (Å²) < 4.78 is 18.8. The van der Waals surface area contributed by atoms with Crippen molar-refractivity contribution in [2.75, 3.05) is 6.61 Å². The van der Waals surface area contributed by atoms with Crippen molar-refractivity contribution in [2.45, 2.75) is 32.7 Å². The van der Waals surface area contributed by atoms with Gasteiger partial charge in [0.05, 0.1) is 5.92 Å². The molecule has 0 heterocycles. The lowest BCUT2D eigenvalue weighted by molar-refractivity contribution is -0.151. The van der Waals surface area contributed by atoms with Gasteiger partial charge in [-0.05, 0) is 17.5 Å². The number of hydrogen-bond acceptors (Lipinski definition) is 3. The third-order valence-corrected chi connectivity index (χ3v) is 4.40. The molecule has 138 valence electrons. The van der Waals surface area contributed by atoms with E-state index >= 15 is 0 Å². The van der Waals surface area contributed by atoms with Crippen LogP contribution in [-0.4, -0.2) is 18.5 Å². The maximum absolute atomic E-state index is 13.5. The van der Waals surface area contributed by atoms with Gasteiger partial charge in [0, 0.05) is 12.1 Å². The number of nitrogens with one attached hydrogen (secondary N) is 1. The highest BCUT2D eigenvalue weighted by Gasteiger charge is 2.27. The minimum Gasteiger partial charge on any atom is -0.455 e. The summed E-state index contributed by atoms with van der Waals surface area (Å²) in [5.74, 6) is -1.60. The molecule has 0 bridgehead atoms. The molecule has 0 spiro atoms. The Labute approximate surface area is 153 Å². The third-order valence-electron chi connectivity index (χ3n) is 4.40. The van der Waals surface area contributed by atoms with Crippen LogP contribution >= 0.6 is 0 Å². The Morgan fingerprint density at radius 1 is 1.08 bits per heavy atom. The minimum atomic E-state index is -0.461. The first-order valence-electron chi connectivity index (χ1n) is 8.74. The molecule has 2 atom stereocenters. The fourth-order valence-corrected chi connectivity index (χ4v) is 2.71. The standard InChI is InChI=1S/C21H24FNO3/c1-3-15(2)20(16-9-5-4-6-10-16)21(25)26-14-19(24)23-13-17-11-7-8-12-18(17)22/h4-12,15,20H,3,13-14H2,1-2H3,(H,23,24)/t15-,20-/m1/s1. The number of halogens is 1. The van der Waals surface area contributed by atoms with Crippen molar-refractivity contribution in [1.29, 1.82) is 0 Å². The molecule has 0 unspecified atom stereocenters. The summed E-state index contributed by atoms with van der Waals surface area (Å²) in [6.07, 6.45) is 0.814. The van der Waals surface area contributed by atoms with Gasteiger partial charge in [0.1, 0.15) is 5.82 Å². The van der Waals surface area contributed by atoms with Gasteiger partial charge in [-0.1, -0.05) is 68.8 Å². The van der Waals surface area contributed by atoms with Crippen molar-refractivity contribution in [2.24, 2.45) is 5.92 Å². The van der Waals surface area contributed by atoms with E-state index in [1.807, 2.05) is 44.2 Å². The second kappa shape index (κ2) is 9.70. The van der Waals surface area contributed by atoms with E-state index in [1.165, 1.54) is 6.07 Å². The minimum absolute atomic E-state index is 0.0521. The SMILES string of the molecule is CC[C@@H](C)[C@@H](C(=O)OCC(=O)NCc1ccccc1F)c1ccccc1. The Morgan fingerprint density at radius 2 is 1.73 bits per heavy atom. The van der Waals surface area contributed by atoms with E-state index in [-0.39, 0.29) is 24.9 Å². The van der Waals surface area contributed by atoms with Gasteiger partial charge in [0.25, 0.3) is 5.91 Å². The van der Waals surface area contributed by atoms with E-state index in [0.29, 0.717) is 5.56 Å². The Bertz CT molecular complexity index is 733. The van der Waals surface area contributed by atoms with Crippen molar-refractivity contribution in [1.82, 2.24) is 5.32 Å². The van der Waals surface area contributed by atoms with Gasteiger partial charge in [0.15, 0.2) is 6.61 Å². The molecule has 0 saturated carbocycles. The lowest BCUT2D eigenvalue weighted by Gasteiger charge is -2.21. The zero-order valence-electron chi connectivity index (χ0n) is 15.1. The molecule has 0 aliphatic rings. The molecule has 4 nitrogen and oxygen atoms in total. The molecule has 0 aromatic heterocycles. The van der Waals surface area contributed by atoms with E-state index in [2.05, 4.69) is 5.32 Å². The lowest BCUT2D eigenvalue weighted by atomic mass is 9.86. The Balaban J connectivity index is 1.91. The van der Waals surface area contributed by atoms with Crippen LogP contribution < -0.4 is 5.32 Å². The third kappa shape index (κ3) is 5.41. The fraction of sp³-hybridized carbons (Fsp3) is 0.333. The molecule has 2 rings (SSSR count). The molecule has 0 aliphatic heterocycles. The Kier molecular flexibility index (Phi) is 7.33. The summed E-state index contributed by atoms with van der Waals surface area (Å²) in [4.78, 5) is 24.4.